The maximum atomic E-state index is 15.3. The van der Waals surface area contributed by atoms with Crippen LogP contribution in [0.1, 0.15) is 19.4 Å². The standard InChI is InChI=1S/C20H18BrClFN3O2S.C2H6/c1-4-16(28)25-5-7-26(8-6-25)20-14-10-15(22)17(18(23)19(14)24-29-20)13(12(3)21)9-11(2)27;1-2/h4,9-10,27H,1-3,5-8H2;1-2H3/b13-9+;. The summed E-state index contributed by atoms with van der Waals surface area (Å²) in [7, 11) is 0. The normalized spacial score (nSPS) is 14.2. The smallest absolute Gasteiger partial charge is 0.246 e. The molecule has 0 atom stereocenters. The third-order valence-electron chi connectivity index (χ3n) is 4.57. The molecule has 0 spiro atoms. The number of fused-ring (bicyclic) bond motifs is 1. The number of hydrogen-bond donors (Lipinski definition) is 1. The van der Waals surface area contributed by atoms with Crippen molar-refractivity contribution in [3.63, 3.8) is 0 Å². The van der Waals surface area contributed by atoms with Gasteiger partial charge in [-0.25, -0.2) is 4.39 Å². The number of piperazine rings is 1. The molecule has 0 saturated carbocycles. The Bertz CT molecular complexity index is 1060. The fraction of sp³-hybridized carbons (Fsp3) is 0.273. The highest BCUT2D eigenvalue weighted by Crippen LogP contribution is 2.41. The van der Waals surface area contributed by atoms with Crippen LogP contribution in [0.4, 0.5) is 9.39 Å². The average Bonchev–Trinajstić information content (AvgIpc) is 3.17. The fourth-order valence-electron chi connectivity index (χ4n) is 3.19. The van der Waals surface area contributed by atoms with E-state index in [0.29, 0.717) is 36.0 Å². The second-order valence-corrected chi connectivity index (χ2v) is 8.52. The maximum Gasteiger partial charge on any atom is 0.246 e. The van der Waals surface area contributed by atoms with E-state index in [1.807, 2.05) is 13.8 Å². The lowest BCUT2D eigenvalue weighted by Gasteiger charge is -2.34. The number of amides is 1. The van der Waals surface area contributed by atoms with Gasteiger partial charge in [-0.3, -0.25) is 4.79 Å². The van der Waals surface area contributed by atoms with Gasteiger partial charge in [0.15, 0.2) is 5.82 Å². The molecule has 1 aromatic heterocycles. The first kappa shape index (κ1) is 25.1. The lowest BCUT2D eigenvalue weighted by atomic mass is 10.0. The van der Waals surface area contributed by atoms with Gasteiger partial charge in [0.25, 0.3) is 0 Å². The van der Waals surface area contributed by atoms with Gasteiger partial charge in [-0.2, -0.15) is 4.37 Å². The van der Waals surface area contributed by atoms with Crippen LogP contribution in [-0.2, 0) is 4.79 Å². The van der Waals surface area contributed by atoms with E-state index in [1.165, 1.54) is 23.7 Å². The van der Waals surface area contributed by atoms with Gasteiger partial charge in [-0.05, 0) is 29.8 Å². The van der Waals surface area contributed by atoms with E-state index < -0.39 is 5.82 Å². The third-order valence-corrected chi connectivity index (χ3v) is 6.22. The minimum Gasteiger partial charge on any atom is -0.509 e. The van der Waals surface area contributed by atoms with Crippen molar-refractivity contribution >= 4 is 66.4 Å². The molecule has 1 aromatic carbocycles. The number of aliphatic hydroxyl groups excluding tert-OH is 1. The predicted octanol–water partition coefficient (Wildman–Crippen LogP) is 6.31. The molecule has 166 valence electrons. The van der Waals surface area contributed by atoms with Gasteiger partial charge in [0.2, 0.25) is 5.91 Å². The molecule has 0 unspecified atom stereocenters. The summed E-state index contributed by atoms with van der Waals surface area (Å²) in [5, 5.41) is 11.1. The molecule has 31 heavy (non-hydrogen) atoms. The minimum absolute atomic E-state index is 0.0921. The zero-order chi connectivity index (χ0) is 23.3. The molecule has 0 bridgehead atoms. The Labute approximate surface area is 199 Å². The summed E-state index contributed by atoms with van der Waals surface area (Å²) in [5.74, 6) is -0.942. The Kier molecular flexibility index (Phi) is 8.85. The summed E-state index contributed by atoms with van der Waals surface area (Å²) >= 11 is 10.8. The van der Waals surface area contributed by atoms with Crippen LogP contribution in [0.5, 0.6) is 0 Å². The quantitative estimate of drug-likeness (QED) is 0.281. The van der Waals surface area contributed by atoms with Crippen molar-refractivity contribution in [3.05, 3.63) is 64.6 Å². The molecule has 2 aromatic rings. The Hall–Kier alpha value is -2.16. The molecular formula is C22H24BrClFN3O2S. The van der Waals surface area contributed by atoms with Crippen LogP contribution in [0.25, 0.3) is 16.5 Å². The summed E-state index contributed by atoms with van der Waals surface area (Å²) in [6.07, 6.45) is 2.59. The highest BCUT2D eigenvalue weighted by Gasteiger charge is 2.26. The highest BCUT2D eigenvalue weighted by molar-refractivity contribution is 9.12. The lowest BCUT2D eigenvalue weighted by molar-refractivity contribution is -0.126. The number of rotatable bonds is 5. The van der Waals surface area contributed by atoms with Gasteiger partial charge in [0, 0.05) is 47.2 Å². The van der Waals surface area contributed by atoms with Crippen molar-refractivity contribution in [1.29, 1.82) is 0 Å². The zero-order valence-corrected chi connectivity index (χ0v) is 20.6. The highest BCUT2D eigenvalue weighted by atomic mass is 79.9. The van der Waals surface area contributed by atoms with Crippen LogP contribution in [0, 0.1) is 5.82 Å². The number of benzene rings is 1. The molecule has 1 fully saturated rings. The summed E-state index contributed by atoms with van der Waals surface area (Å²) in [6.45, 7) is 17.0. The SMILES string of the molecule is C=CC(=O)N1CCN(c2snc3c(F)c(/C(=C/C(=C)O)C(=C)Br)c(Cl)cc23)CC1.CC. The number of allylic oxidation sites excluding steroid dienone is 3. The van der Waals surface area contributed by atoms with Crippen molar-refractivity contribution in [3.8, 4) is 0 Å². The number of carbonyl (C=O) groups excluding carboxylic acids is 1. The van der Waals surface area contributed by atoms with Gasteiger partial charge >= 0.3 is 0 Å². The van der Waals surface area contributed by atoms with Crippen LogP contribution in [0.15, 0.2) is 48.2 Å². The number of anilines is 1. The Morgan fingerprint density at radius 3 is 2.45 bits per heavy atom. The van der Waals surface area contributed by atoms with Gasteiger partial charge in [0.05, 0.1) is 5.02 Å². The molecule has 5 nitrogen and oxygen atoms in total. The predicted molar refractivity (Wildman–Crippen MR) is 133 cm³/mol. The number of hydrogen-bond acceptors (Lipinski definition) is 5. The summed E-state index contributed by atoms with van der Waals surface area (Å²) in [5.41, 5.74) is 0.569. The number of carbonyl (C=O) groups is 1. The van der Waals surface area contributed by atoms with Crippen LogP contribution in [-0.4, -0.2) is 46.5 Å². The van der Waals surface area contributed by atoms with Crippen molar-refractivity contribution in [2.45, 2.75) is 13.8 Å². The Balaban J connectivity index is 0.00000166. The van der Waals surface area contributed by atoms with E-state index in [0.717, 1.165) is 5.00 Å². The maximum absolute atomic E-state index is 15.3. The van der Waals surface area contributed by atoms with Crippen molar-refractivity contribution < 1.29 is 14.3 Å². The molecule has 2 heterocycles. The number of halogens is 3. The van der Waals surface area contributed by atoms with E-state index in [2.05, 4.69) is 44.9 Å². The molecule has 1 saturated heterocycles. The third kappa shape index (κ3) is 5.37. The van der Waals surface area contributed by atoms with Gasteiger partial charge in [0.1, 0.15) is 16.3 Å². The van der Waals surface area contributed by atoms with Gasteiger partial charge < -0.3 is 14.9 Å². The number of aliphatic hydroxyl groups is 1. The zero-order valence-electron chi connectivity index (χ0n) is 17.4. The van der Waals surface area contributed by atoms with E-state index in [9.17, 15) is 9.90 Å². The fourth-order valence-corrected chi connectivity index (χ4v) is 4.70. The van der Waals surface area contributed by atoms with Crippen molar-refractivity contribution in [1.82, 2.24) is 9.27 Å². The van der Waals surface area contributed by atoms with Crippen LogP contribution in [0.2, 0.25) is 5.02 Å². The van der Waals surface area contributed by atoms with Crippen LogP contribution < -0.4 is 4.90 Å². The molecule has 3 rings (SSSR count). The first-order chi connectivity index (χ1) is 14.7. The summed E-state index contributed by atoms with van der Waals surface area (Å²) in [6, 6.07) is 1.67. The lowest BCUT2D eigenvalue weighted by Crippen LogP contribution is -2.48. The molecule has 1 aliphatic rings. The van der Waals surface area contributed by atoms with Crippen molar-refractivity contribution in [2.75, 3.05) is 31.1 Å². The molecule has 1 aliphatic heterocycles. The van der Waals surface area contributed by atoms with Gasteiger partial charge in [-0.15, -0.1) is 0 Å². The first-order valence-corrected chi connectivity index (χ1v) is 11.6. The first-order valence-electron chi connectivity index (χ1n) is 9.63. The molecule has 9 heteroatoms. The second-order valence-electron chi connectivity index (χ2n) is 6.40. The number of nitrogens with zero attached hydrogens (tertiary/aromatic N) is 3. The minimum atomic E-state index is -0.594. The molecule has 0 radical (unpaired) electrons. The molecular weight excluding hydrogens is 505 g/mol. The molecule has 0 aliphatic carbocycles. The second kappa shape index (κ2) is 10.9. The number of aromatic nitrogens is 1. The van der Waals surface area contributed by atoms with E-state index in [1.54, 1.807) is 11.0 Å². The Morgan fingerprint density at radius 2 is 1.94 bits per heavy atom. The Morgan fingerprint density at radius 1 is 1.32 bits per heavy atom. The van der Waals surface area contributed by atoms with Crippen molar-refractivity contribution in [2.24, 2.45) is 0 Å². The monoisotopic (exact) mass is 527 g/mol. The van der Waals surface area contributed by atoms with Gasteiger partial charge in [-0.1, -0.05) is 61.1 Å². The summed E-state index contributed by atoms with van der Waals surface area (Å²) < 4.78 is 20.0. The largest absolute Gasteiger partial charge is 0.509 e. The summed E-state index contributed by atoms with van der Waals surface area (Å²) in [4.78, 5) is 15.6. The average molecular weight is 529 g/mol. The van der Waals surface area contributed by atoms with E-state index >= 15 is 4.39 Å². The molecule has 1 N–H and O–H groups in total. The molecule has 1 amide bonds. The topological polar surface area (TPSA) is 56.7 Å². The van der Waals surface area contributed by atoms with Crippen LogP contribution in [0.3, 0.4) is 0 Å². The van der Waals surface area contributed by atoms with Crippen LogP contribution >= 0.6 is 39.1 Å². The van der Waals surface area contributed by atoms with E-state index in [-0.39, 0.29) is 33.3 Å². The van der Waals surface area contributed by atoms with E-state index in [4.69, 9.17) is 11.6 Å².